The number of carbonyl (C=O) groups excluding carboxylic acids is 1. The molecule has 0 saturated heterocycles. The van der Waals surface area contributed by atoms with Gasteiger partial charge in [0.05, 0.1) is 11.6 Å². The van der Waals surface area contributed by atoms with Crippen LogP contribution in [0.15, 0.2) is 41.6 Å². The molecule has 1 aromatic rings. The molecule has 1 fully saturated rings. The van der Waals surface area contributed by atoms with Crippen molar-refractivity contribution < 1.29 is 4.79 Å². The number of rotatable bonds is 5. The average molecular weight is 343 g/mol. The summed E-state index contributed by atoms with van der Waals surface area (Å²) >= 11 is 5.62. The Labute approximate surface area is 149 Å². The van der Waals surface area contributed by atoms with Crippen LogP contribution in [-0.2, 0) is 4.79 Å². The number of hydrogen-bond donors (Lipinski definition) is 1. The molecular weight excluding hydrogens is 318 g/mol. The van der Waals surface area contributed by atoms with Crippen LogP contribution in [0, 0.1) is 0 Å². The van der Waals surface area contributed by atoms with Crippen molar-refractivity contribution in [3.8, 4) is 0 Å². The van der Waals surface area contributed by atoms with Crippen LogP contribution < -0.4 is 5.32 Å². The van der Waals surface area contributed by atoms with Crippen molar-refractivity contribution in [1.82, 2.24) is 15.1 Å². The van der Waals surface area contributed by atoms with Gasteiger partial charge in [-0.2, -0.15) is 0 Å². The molecule has 4 nitrogen and oxygen atoms in total. The SMILES string of the molecule is CCN(CC)C(=O)C1=C(C)N(C2CC2)C(=S)N[C@@H]1c1ccccc1. The molecule has 5 heteroatoms. The lowest BCUT2D eigenvalue weighted by Crippen LogP contribution is -2.50. The van der Waals surface area contributed by atoms with Gasteiger partial charge in [-0.25, -0.2) is 0 Å². The number of carbonyl (C=O) groups is 1. The highest BCUT2D eigenvalue weighted by molar-refractivity contribution is 7.80. The van der Waals surface area contributed by atoms with Crippen molar-refractivity contribution in [2.45, 2.75) is 45.7 Å². The van der Waals surface area contributed by atoms with E-state index in [-0.39, 0.29) is 11.9 Å². The van der Waals surface area contributed by atoms with Crippen molar-refractivity contribution in [1.29, 1.82) is 0 Å². The lowest BCUT2D eigenvalue weighted by Gasteiger charge is -2.39. The highest BCUT2D eigenvalue weighted by Gasteiger charge is 2.40. The molecule has 1 aromatic carbocycles. The predicted octanol–water partition coefficient (Wildman–Crippen LogP) is 3.22. The van der Waals surface area contributed by atoms with E-state index >= 15 is 0 Å². The zero-order valence-electron chi connectivity index (χ0n) is 14.6. The van der Waals surface area contributed by atoms with Crippen molar-refractivity contribution in [3.63, 3.8) is 0 Å². The minimum atomic E-state index is -0.179. The van der Waals surface area contributed by atoms with E-state index in [1.165, 1.54) is 0 Å². The van der Waals surface area contributed by atoms with Gasteiger partial charge in [-0.15, -0.1) is 0 Å². The van der Waals surface area contributed by atoms with Crippen LogP contribution in [0.4, 0.5) is 0 Å². The smallest absolute Gasteiger partial charge is 0.253 e. The Morgan fingerprint density at radius 3 is 2.42 bits per heavy atom. The summed E-state index contributed by atoms with van der Waals surface area (Å²) in [6.07, 6.45) is 2.28. The zero-order valence-corrected chi connectivity index (χ0v) is 15.4. The fourth-order valence-electron chi connectivity index (χ4n) is 3.38. The molecule has 2 aliphatic rings. The lowest BCUT2D eigenvalue weighted by molar-refractivity contribution is -0.127. The highest BCUT2D eigenvalue weighted by Crippen LogP contribution is 2.38. The topological polar surface area (TPSA) is 35.6 Å². The Morgan fingerprint density at radius 2 is 1.88 bits per heavy atom. The molecule has 0 aromatic heterocycles. The molecule has 0 radical (unpaired) electrons. The van der Waals surface area contributed by atoms with E-state index in [9.17, 15) is 4.79 Å². The first-order valence-corrected chi connectivity index (χ1v) is 9.14. The Balaban J connectivity index is 2.07. The second kappa shape index (κ2) is 6.93. The fourth-order valence-corrected chi connectivity index (χ4v) is 3.79. The van der Waals surface area contributed by atoms with Crippen LogP contribution in [0.5, 0.6) is 0 Å². The number of nitrogens with one attached hydrogen (secondary N) is 1. The molecule has 1 aliphatic heterocycles. The van der Waals surface area contributed by atoms with Gasteiger partial charge in [0.1, 0.15) is 0 Å². The average Bonchev–Trinajstić information content (AvgIpc) is 3.41. The maximum Gasteiger partial charge on any atom is 0.253 e. The Bertz CT molecular complexity index is 662. The van der Waals surface area contributed by atoms with E-state index in [4.69, 9.17) is 12.2 Å². The van der Waals surface area contributed by atoms with Crippen molar-refractivity contribution >= 4 is 23.2 Å². The van der Waals surface area contributed by atoms with Crippen LogP contribution in [-0.4, -0.2) is 40.0 Å². The molecule has 3 rings (SSSR count). The number of allylic oxidation sites excluding steroid dienone is 1. The summed E-state index contributed by atoms with van der Waals surface area (Å²) in [6, 6.07) is 10.4. The molecule has 0 unspecified atom stereocenters. The van der Waals surface area contributed by atoms with Crippen LogP contribution >= 0.6 is 12.2 Å². The van der Waals surface area contributed by atoms with E-state index in [2.05, 4.69) is 22.3 Å². The molecule has 1 saturated carbocycles. The van der Waals surface area contributed by atoms with Gasteiger partial charge >= 0.3 is 0 Å². The summed E-state index contributed by atoms with van der Waals surface area (Å²) in [4.78, 5) is 17.2. The van der Waals surface area contributed by atoms with E-state index in [1.54, 1.807) is 0 Å². The minimum Gasteiger partial charge on any atom is -0.351 e. The Morgan fingerprint density at radius 1 is 1.25 bits per heavy atom. The largest absolute Gasteiger partial charge is 0.351 e. The van der Waals surface area contributed by atoms with Crippen LogP contribution in [0.3, 0.4) is 0 Å². The van der Waals surface area contributed by atoms with E-state index in [0.717, 1.165) is 34.8 Å². The third-order valence-electron chi connectivity index (χ3n) is 4.85. The molecular formula is C19H25N3OS. The first kappa shape index (κ1) is 17.0. The molecule has 1 atom stereocenters. The third kappa shape index (κ3) is 3.05. The van der Waals surface area contributed by atoms with Crippen LogP contribution in [0.25, 0.3) is 0 Å². The molecule has 128 valence electrons. The van der Waals surface area contributed by atoms with Crippen LogP contribution in [0.2, 0.25) is 0 Å². The number of benzene rings is 1. The second-order valence-electron chi connectivity index (χ2n) is 6.37. The highest BCUT2D eigenvalue weighted by atomic mass is 32.1. The second-order valence-corrected chi connectivity index (χ2v) is 6.76. The van der Waals surface area contributed by atoms with E-state index < -0.39 is 0 Å². The maximum absolute atomic E-state index is 13.2. The number of hydrogen-bond acceptors (Lipinski definition) is 2. The van der Waals surface area contributed by atoms with Crippen molar-refractivity contribution in [2.75, 3.05) is 13.1 Å². The minimum absolute atomic E-state index is 0.104. The first-order valence-electron chi connectivity index (χ1n) is 8.73. The van der Waals surface area contributed by atoms with Crippen molar-refractivity contribution in [3.05, 3.63) is 47.2 Å². The molecule has 1 N–H and O–H groups in total. The third-order valence-corrected chi connectivity index (χ3v) is 5.17. The summed E-state index contributed by atoms with van der Waals surface area (Å²) in [5.74, 6) is 0.104. The van der Waals surface area contributed by atoms with Gasteiger partial charge in [0.2, 0.25) is 0 Å². The first-order chi connectivity index (χ1) is 11.6. The molecule has 0 spiro atoms. The molecule has 1 heterocycles. The summed E-state index contributed by atoms with van der Waals surface area (Å²) in [6.45, 7) is 7.50. The monoisotopic (exact) mass is 343 g/mol. The predicted molar refractivity (Wildman–Crippen MR) is 100 cm³/mol. The molecule has 1 amide bonds. The molecule has 1 aliphatic carbocycles. The summed E-state index contributed by atoms with van der Waals surface area (Å²) < 4.78 is 0. The fraction of sp³-hybridized carbons (Fsp3) is 0.474. The standard InChI is InChI=1S/C19H25N3OS/c1-4-21(5-2)18(23)16-13(3)22(15-11-12-15)19(24)20-17(16)14-9-7-6-8-10-14/h6-10,15,17H,4-5,11-12H2,1-3H3,(H,20,24)/t17-/m1/s1. The Kier molecular flexibility index (Phi) is 4.90. The molecule has 0 bridgehead atoms. The van der Waals surface area contributed by atoms with Gasteiger partial charge in [-0.1, -0.05) is 30.3 Å². The zero-order chi connectivity index (χ0) is 17.3. The summed E-state index contributed by atoms with van der Waals surface area (Å²) in [7, 11) is 0. The van der Waals surface area contributed by atoms with Gasteiger partial charge < -0.3 is 15.1 Å². The summed E-state index contributed by atoms with van der Waals surface area (Å²) in [5, 5.41) is 4.16. The van der Waals surface area contributed by atoms with Gasteiger partial charge in [0, 0.05) is 24.8 Å². The quantitative estimate of drug-likeness (QED) is 0.833. The number of nitrogens with zero attached hydrogens (tertiary/aromatic N) is 2. The summed E-state index contributed by atoms with van der Waals surface area (Å²) in [5.41, 5.74) is 2.91. The van der Waals surface area contributed by atoms with Crippen LogP contribution in [0.1, 0.15) is 45.2 Å². The lowest BCUT2D eigenvalue weighted by atomic mass is 9.93. The number of amides is 1. The van der Waals surface area contributed by atoms with Gasteiger partial charge in [-0.05, 0) is 51.4 Å². The number of thiocarbonyl (C=S) groups is 1. The van der Waals surface area contributed by atoms with E-state index in [1.807, 2.05) is 43.9 Å². The van der Waals surface area contributed by atoms with E-state index in [0.29, 0.717) is 19.1 Å². The van der Waals surface area contributed by atoms with Crippen molar-refractivity contribution in [2.24, 2.45) is 0 Å². The normalized spacial score (nSPS) is 20.9. The number of likely N-dealkylation sites (N-methyl/N-ethyl adjacent to an activating group) is 1. The maximum atomic E-state index is 13.2. The molecule has 24 heavy (non-hydrogen) atoms. The van der Waals surface area contributed by atoms with Gasteiger partial charge in [0.25, 0.3) is 5.91 Å². The Hall–Kier alpha value is -1.88. The van der Waals surface area contributed by atoms with Gasteiger partial charge in [0.15, 0.2) is 5.11 Å². The van der Waals surface area contributed by atoms with Gasteiger partial charge in [-0.3, -0.25) is 4.79 Å².